The normalized spacial score (nSPS) is 11.1. The minimum atomic E-state index is -0.422. The molecule has 358 valence electrons. The predicted octanol–water partition coefficient (Wildman–Crippen LogP) is 15.8. The molecule has 0 aromatic heterocycles. The summed E-state index contributed by atoms with van der Waals surface area (Å²) >= 11 is 0. The molecule has 0 N–H and O–H groups in total. The van der Waals surface area contributed by atoms with Gasteiger partial charge in [-0.15, -0.1) is 0 Å². The zero-order valence-corrected chi connectivity index (χ0v) is 40.5. The van der Waals surface area contributed by atoms with Crippen LogP contribution in [0.5, 0.6) is 28.7 Å². The van der Waals surface area contributed by atoms with E-state index in [-0.39, 0.29) is 0 Å². The second-order valence-electron chi connectivity index (χ2n) is 17.0. The Bertz CT molecular complexity index is 1930. The van der Waals surface area contributed by atoms with Crippen LogP contribution in [-0.2, 0) is 9.53 Å². The van der Waals surface area contributed by atoms with E-state index in [9.17, 15) is 9.59 Å². The van der Waals surface area contributed by atoms with Gasteiger partial charge in [0.25, 0.3) is 0 Å². The van der Waals surface area contributed by atoms with Crippen molar-refractivity contribution in [3.63, 3.8) is 0 Å². The molecule has 0 radical (unpaired) electrons. The molecule has 0 bridgehead atoms. The van der Waals surface area contributed by atoms with Crippen molar-refractivity contribution in [2.75, 3.05) is 33.0 Å². The van der Waals surface area contributed by atoms with Gasteiger partial charge in [-0.05, 0) is 103 Å². The lowest BCUT2D eigenvalue weighted by Crippen LogP contribution is -2.08. The summed E-state index contributed by atoms with van der Waals surface area (Å²) < 4.78 is 36.1. The second-order valence-corrected chi connectivity index (χ2v) is 17.0. The van der Waals surface area contributed by atoms with Crippen molar-refractivity contribution < 1.29 is 38.0 Å². The predicted molar refractivity (Wildman–Crippen MR) is 271 cm³/mol. The van der Waals surface area contributed by atoms with Gasteiger partial charge < -0.3 is 28.4 Å². The monoisotopic (exact) mass is 903 g/mol. The van der Waals surface area contributed by atoms with Crippen LogP contribution in [0.2, 0.25) is 0 Å². The van der Waals surface area contributed by atoms with E-state index >= 15 is 0 Å². The Morgan fingerprint density at radius 1 is 0.455 bits per heavy atom. The van der Waals surface area contributed by atoms with Crippen molar-refractivity contribution in [3.05, 3.63) is 114 Å². The van der Waals surface area contributed by atoms with Gasteiger partial charge in [0.1, 0.15) is 11.5 Å². The van der Waals surface area contributed by atoms with Gasteiger partial charge in [0.15, 0.2) is 11.5 Å². The number of rotatable bonds is 36. The smallest absolute Gasteiger partial charge is 0.343 e. The number of hydrogen-bond donors (Lipinski definition) is 0. The van der Waals surface area contributed by atoms with Crippen LogP contribution in [0.15, 0.2) is 97.6 Å². The maximum absolute atomic E-state index is 13.2. The first-order valence-electron chi connectivity index (χ1n) is 25.1. The molecule has 4 rings (SSSR count). The summed E-state index contributed by atoms with van der Waals surface area (Å²) in [6, 6.07) is 26.9. The topological polar surface area (TPSA) is 89.5 Å². The molecule has 0 aliphatic rings. The van der Waals surface area contributed by atoms with Gasteiger partial charge in [-0.25, -0.2) is 9.59 Å². The highest BCUT2D eigenvalue weighted by molar-refractivity contribution is 5.91. The quantitative estimate of drug-likeness (QED) is 0.0147. The molecule has 0 atom stereocenters. The zero-order valence-electron chi connectivity index (χ0n) is 40.5. The summed E-state index contributed by atoms with van der Waals surface area (Å²) in [5.41, 5.74) is 4.39. The molecule has 0 heterocycles. The van der Waals surface area contributed by atoms with Crippen LogP contribution >= 0.6 is 0 Å². The molecule has 0 saturated carbocycles. The van der Waals surface area contributed by atoms with Crippen molar-refractivity contribution in [2.24, 2.45) is 0 Å². The number of hydrogen-bond acceptors (Lipinski definition) is 8. The maximum atomic E-state index is 13.2. The molecular weight excluding hydrogens is 825 g/mol. The third kappa shape index (κ3) is 21.2. The molecular formula is C58H78O8. The first-order valence-corrected chi connectivity index (χ1v) is 25.1. The Kier molecular flexibility index (Phi) is 26.6. The van der Waals surface area contributed by atoms with Crippen LogP contribution in [-0.4, -0.2) is 45.0 Å². The fraction of sp³-hybridized carbons (Fsp3) is 0.483. The number of ether oxygens (including phenoxy) is 6. The molecule has 8 nitrogen and oxygen atoms in total. The van der Waals surface area contributed by atoms with Gasteiger partial charge in [-0.3, -0.25) is 0 Å². The van der Waals surface area contributed by atoms with Gasteiger partial charge in [-0.2, -0.15) is 0 Å². The fourth-order valence-corrected chi connectivity index (χ4v) is 7.41. The molecule has 0 aliphatic heterocycles. The lowest BCUT2D eigenvalue weighted by Gasteiger charge is -2.18. The molecule has 0 aliphatic carbocycles. The van der Waals surface area contributed by atoms with E-state index in [1.807, 2.05) is 54.6 Å². The lowest BCUT2D eigenvalue weighted by molar-refractivity contribution is -0.137. The Morgan fingerprint density at radius 3 is 1.39 bits per heavy atom. The summed E-state index contributed by atoms with van der Waals surface area (Å²) in [5.74, 6) is 2.59. The van der Waals surface area contributed by atoms with Crippen molar-refractivity contribution in [2.45, 2.75) is 149 Å². The largest absolute Gasteiger partial charge is 0.494 e. The second kappa shape index (κ2) is 33.0. The first kappa shape index (κ1) is 53.1. The van der Waals surface area contributed by atoms with Crippen LogP contribution in [0, 0.1) is 0 Å². The Hall–Kier alpha value is -5.50. The molecule has 0 saturated heterocycles. The fourth-order valence-electron chi connectivity index (χ4n) is 7.41. The Morgan fingerprint density at radius 2 is 0.879 bits per heavy atom. The third-order valence-corrected chi connectivity index (χ3v) is 11.4. The van der Waals surface area contributed by atoms with Crippen molar-refractivity contribution in [3.8, 4) is 39.9 Å². The first-order chi connectivity index (χ1) is 32.4. The van der Waals surface area contributed by atoms with E-state index in [0.717, 1.165) is 96.9 Å². The summed E-state index contributed by atoms with van der Waals surface area (Å²) in [6.45, 7) is 12.9. The Balaban J connectivity index is 1.38. The molecule has 66 heavy (non-hydrogen) atoms. The SMILES string of the molecule is C=CC(=O)OCCCCOc1ccc(-c2ccc(OC(=O)c3ccc(/C=C/c4cc(OCCCCCCCC)c(OCCCCCCCC)c(OCCCCCCCC)c4)cc3)cc2)cc1. The van der Waals surface area contributed by atoms with E-state index in [4.69, 9.17) is 28.4 Å². The van der Waals surface area contributed by atoms with Gasteiger partial charge in [0.2, 0.25) is 5.75 Å². The number of carbonyl (C=O) groups excluding carboxylic acids is 2. The molecule has 8 heteroatoms. The average Bonchev–Trinajstić information content (AvgIpc) is 3.34. The molecule has 0 spiro atoms. The molecule has 0 unspecified atom stereocenters. The van der Waals surface area contributed by atoms with Crippen LogP contribution in [0.1, 0.15) is 171 Å². The number of esters is 2. The summed E-state index contributed by atoms with van der Waals surface area (Å²) in [7, 11) is 0. The van der Waals surface area contributed by atoms with E-state index in [0.29, 0.717) is 50.1 Å². The van der Waals surface area contributed by atoms with Crippen LogP contribution in [0.3, 0.4) is 0 Å². The summed E-state index contributed by atoms with van der Waals surface area (Å²) in [4.78, 5) is 24.3. The van der Waals surface area contributed by atoms with Crippen molar-refractivity contribution >= 4 is 24.1 Å². The number of benzene rings is 4. The lowest BCUT2D eigenvalue weighted by atomic mass is 10.1. The zero-order chi connectivity index (χ0) is 46.9. The van der Waals surface area contributed by atoms with Gasteiger partial charge >= 0.3 is 11.9 Å². The molecule has 4 aromatic rings. The van der Waals surface area contributed by atoms with E-state index in [1.54, 1.807) is 24.3 Å². The van der Waals surface area contributed by atoms with Gasteiger partial charge in [0.05, 0.1) is 38.6 Å². The van der Waals surface area contributed by atoms with Crippen molar-refractivity contribution in [1.29, 1.82) is 0 Å². The molecule has 4 aromatic carbocycles. The standard InChI is InChI=1S/C58H78O8/c1-5-9-12-15-18-21-41-62-54-45-48(46-55(63-42-22-19-16-13-10-6-2)57(54)65-44-23-20-17-14-11-7-3)27-26-47-28-30-51(31-29-47)58(60)66-53-38-34-50(35-39-53)49-32-36-52(37-33-49)61-40-24-25-43-64-56(59)8-4/h8,26-39,45-46H,4-7,9-25,40-44H2,1-3H3/b27-26+. The average molecular weight is 903 g/mol. The summed E-state index contributed by atoms with van der Waals surface area (Å²) in [5, 5.41) is 0. The van der Waals surface area contributed by atoms with Gasteiger partial charge in [0, 0.05) is 6.08 Å². The van der Waals surface area contributed by atoms with Crippen LogP contribution in [0.25, 0.3) is 23.3 Å². The minimum absolute atomic E-state index is 0.350. The highest BCUT2D eigenvalue weighted by atomic mass is 16.5. The molecule has 0 amide bonds. The highest BCUT2D eigenvalue weighted by Gasteiger charge is 2.16. The highest BCUT2D eigenvalue weighted by Crippen LogP contribution is 2.40. The Labute approximate surface area is 397 Å². The number of carbonyl (C=O) groups is 2. The van der Waals surface area contributed by atoms with E-state index < -0.39 is 11.9 Å². The van der Waals surface area contributed by atoms with Gasteiger partial charge in [-0.1, -0.05) is 172 Å². The third-order valence-electron chi connectivity index (χ3n) is 11.4. The molecule has 0 fully saturated rings. The van der Waals surface area contributed by atoms with Crippen molar-refractivity contribution in [1.82, 2.24) is 0 Å². The van der Waals surface area contributed by atoms with Crippen LogP contribution in [0.4, 0.5) is 0 Å². The minimum Gasteiger partial charge on any atom is -0.494 e. The van der Waals surface area contributed by atoms with E-state index in [1.165, 1.54) is 77.0 Å². The maximum Gasteiger partial charge on any atom is 0.343 e. The number of unbranched alkanes of at least 4 members (excludes halogenated alkanes) is 16. The van der Waals surface area contributed by atoms with Crippen LogP contribution < -0.4 is 23.7 Å². The summed E-state index contributed by atoms with van der Waals surface area (Å²) in [6.07, 6.45) is 28.3. The van der Waals surface area contributed by atoms with E-state index in [2.05, 4.69) is 45.6 Å².